The Labute approximate surface area is 166 Å². The van der Waals surface area contributed by atoms with Crippen LogP contribution in [-0.4, -0.2) is 14.7 Å². The van der Waals surface area contributed by atoms with Crippen molar-refractivity contribution >= 4 is 11.8 Å². The zero-order chi connectivity index (χ0) is 19.5. The fourth-order valence-electron chi connectivity index (χ4n) is 2.85. The van der Waals surface area contributed by atoms with Gasteiger partial charge in [0.15, 0.2) is 10.9 Å². The van der Waals surface area contributed by atoms with Crippen LogP contribution in [0.25, 0.3) is 16.9 Å². The lowest BCUT2D eigenvalue weighted by Gasteiger charge is -2.12. The number of benzene rings is 2. The second-order valence-electron chi connectivity index (χ2n) is 6.35. The molecule has 0 aliphatic carbocycles. The number of rotatable bonds is 5. The van der Waals surface area contributed by atoms with E-state index >= 15 is 0 Å². The Balaban J connectivity index is 1.71. The number of aryl methyl sites for hydroxylation is 1. The standard InChI is InChI=1S/C22H18N2O3S/c1-15-7-9-16(10-8-15)19-12-23-22(24(19)17-5-3-2-4-6-17)28-14-18-11-20(25)21(26)13-27-18/h2-13,26H,14H2,1H3. The van der Waals surface area contributed by atoms with Crippen LogP contribution in [0.15, 0.2) is 87.5 Å². The summed E-state index contributed by atoms with van der Waals surface area (Å²) in [5, 5.41) is 10.1. The summed E-state index contributed by atoms with van der Waals surface area (Å²) in [5.74, 6) is 0.515. The van der Waals surface area contributed by atoms with Gasteiger partial charge in [-0.05, 0) is 19.1 Å². The molecule has 2 heterocycles. The van der Waals surface area contributed by atoms with Crippen molar-refractivity contribution in [2.24, 2.45) is 0 Å². The van der Waals surface area contributed by atoms with Crippen molar-refractivity contribution in [3.63, 3.8) is 0 Å². The van der Waals surface area contributed by atoms with Crippen molar-refractivity contribution < 1.29 is 9.52 Å². The van der Waals surface area contributed by atoms with E-state index in [0.29, 0.717) is 11.5 Å². The monoisotopic (exact) mass is 390 g/mol. The van der Waals surface area contributed by atoms with Gasteiger partial charge >= 0.3 is 0 Å². The van der Waals surface area contributed by atoms with Gasteiger partial charge < -0.3 is 9.52 Å². The first-order valence-corrected chi connectivity index (χ1v) is 9.74. The fraction of sp³-hybridized carbons (Fsp3) is 0.0909. The molecule has 0 aliphatic rings. The van der Waals surface area contributed by atoms with Gasteiger partial charge in [-0.15, -0.1) is 0 Å². The normalized spacial score (nSPS) is 10.9. The summed E-state index contributed by atoms with van der Waals surface area (Å²) in [6.07, 6.45) is 2.92. The highest BCUT2D eigenvalue weighted by Gasteiger charge is 2.15. The summed E-state index contributed by atoms with van der Waals surface area (Å²) < 4.78 is 7.39. The van der Waals surface area contributed by atoms with Gasteiger partial charge in [-0.25, -0.2) is 4.98 Å². The molecular formula is C22H18N2O3S. The second-order valence-corrected chi connectivity index (χ2v) is 7.29. The average Bonchev–Trinajstić information content (AvgIpc) is 3.14. The number of para-hydroxylation sites is 1. The molecule has 0 unspecified atom stereocenters. The van der Waals surface area contributed by atoms with Gasteiger partial charge in [0.2, 0.25) is 5.43 Å². The maximum absolute atomic E-state index is 11.6. The van der Waals surface area contributed by atoms with Crippen molar-refractivity contribution in [1.29, 1.82) is 0 Å². The van der Waals surface area contributed by atoms with Crippen LogP contribution in [0.4, 0.5) is 0 Å². The number of imidazole rings is 1. The first kappa shape index (κ1) is 18.1. The molecule has 0 saturated carbocycles. The maximum Gasteiger partial charge on any atom is 0.226 e. The van der Waals surface area contributed by atoms with Crippen LogP contribution in [0.3, 0.4) is 0 Å². The van der Waals surface area contributed by atoms with Gasteiger partial charge in [-0.3, -0.25) is 9.36 Å². The van der Waals surface area contributed by atoms with E-state index in [-0.39, 0.29) is 5.75 Å². The molecule has 0 bridgehead atoms. The van der Waals surface area contributed by atoms with Crippen LogP contribution in [0.2, 0.25) is 0 Å². The molecule has 2 aromatic carbocycles. The second kappa shape index (κ2) is 7.78. The van der Waals surface area contributed by atoms with Gasteiger partial charge in [-0.1, -0.05) is 59.8 Å². The number of thioether (sulfide) groups is 1. The van der Waals surface area contributed by atoms with Gasteiger partial charge in [0.05, 0.1) is 17.6 Å². The summed E-state index contributed by atoms with van der Waals surface area (Å²) in [5.41, 5.74) is 3.82. The SMILES string of the molecule is Cc1ccc(-c2cnc(SCc3cc(=O)c(O)co3)n2-c2ccccc2)cc1. The predicted molar refractivity (Wildman–Crippen MR) is 110 cm³/mol. The number of aromatic nitrogens is 2. The van der Waals surface area contributed by atoms with Crippen molar-refractivity contribution in [3.05, 3.63) is 94.7 Å². The molecule has 0 radical (unpaired) electrons. The topological polar surface area (TPSA) is 68.3 Å². The Hall–Kier alpha value is -3.25. The van der Waals surface area contributed by atoms with Gasteiger partial charge in [0.25, 0.3) is 0 Å². The minimum absolute atomic E-state index is 0.388. The third kappa shape index (κ3) is 3.73. The maximum atomic E-state index is 11.6. The Morgan fingerprint density at radius 3 is 2.57 bits per heavy atom. The number of nitrogens with zero attached hydrogens (tertiary/aromatic N) is 2. The minimum Gasteiger partial charge on any atom is -0.502 e. The fourth-order valence-corrected chi connectivity index (χ4v) is 3.73. The molecule has 0 amide bonds. The predicted octanol–water partition coefficient (Wildman–Crippen LogP) is 4.80. The van der Waals surface area contributed by atoms with Gasteiger partial charge in [0.1, 0.15) is 12.0 Å². The highest BCUT2D eigenvalue weighted by molar-refractivity contribution is 7.98. The third-order valence-electron chi connectivity index (χ3n) is 4.30. The minimum atomic E-state index is -0.450. The molecule has 28 heavy (non-hydrogen) atoms. The van der Waals surface area contributed by atoms with Crippen LogP contribution in [0, 0.1) is 6.92 Å². The molecule has 6 heteroatoms. The molecule has 4 rings (SSSR count). The van der Waals surface area contributed by atoms with Crippen LogP contribution < -0.4 is 5.43 Å². The van der Waals surface area contributed by atoms with Gasteiger partial charge in [-0.2, -0.15) is 0 Å². The molecule has 0 spiro atoms. The van der Waals surface area contributed by atoms with Crippen molar-refractivity contribution in [3.8, 4) is 22.7 Å². The highest BCUT2D eigenvalue weighted by atomic mass is 32.2. The van der Waals surface area contributed by atoms with Crippen molar-refractivity contribution in [2.45, 2.75) is 17.8 Å². The third-order valence-corrected chi connectivity index (χ3v) is 5.28. The van der Waals surface area contributed by atoms with Crippen molar-refractivity contribution in [1.82, 2.24) is 9.55 Å². The highest BCUT2D eigenvalue weighted by Crippen LogP contribution is 2.31. The molecular weight excluding hydrogens is 372 g/mol. The summed E-state index contributed by atoms with van der Waals surface area (Å²) in [4.78, 5) is 16.2. The quantitative estimate of drug-likeness (QED) is 0.496. The Kier molecular flexibility index (Phi) is 5.04. The summed E-state index contributed by atoms with van der Waals surface area (Å²) in [7, 11) is 0. The molecule has 0 saturated heterocycles. The molecule has 4 aromatic rings. The first-order chi connectivity index (χ1) is 13.6. The molecule has 140 valence electrons. The van der Waals surface area contributed by atoms with Crippen LogP contribution in [-0.2, 0) is 5.75 Å². The number of hydrogen-bond donors (Lipinski definition) is 1. The van der Waals surface area contributed by atoms with Crippen LogP contribution >= 0.6 is 11.8 Å². The average molecular weight is 390 g/mol. The van der Waals surface area contributed by atoms with E-state index in [1.54, 1.807) is 0 Å². The molecule has 5 nitrogen and oxygen atoms in total. The lowest BCUT2D eigenvalue weighted by atomic mass is 10.1. The van der Waals surface area contributed by atoms with E-state index in [9.17, 15) is 9.90 Å². The Bertz CT molecular complexity index is 1150. The van der Waals surface area contributed by atoms with Crippen LogP contribution in [0.5, 0.6) is 5.75 Å². The molecule has 0 aliphatic heterocycles. The lowest BCUT2D eigenvalue weighted by Crippen LogP contribution is -2.01. The molecule has 0 fully saturated rings. The smallest absolute Gasteiger partial charge is 0.226 e. The lowest BCUT2D eigenvalue weighted by molar-refractivity contribution is 0.419. The van der Waals surface area contributed by atoms with Crippen molar-refractivity contribution in [2.75, 3.05) is 0 Å². The summed E-state index contributed by atoms with van der Waals surface area (Å²) in [6.45, 7) is 2.06. The molecule has 2 aromatic heterocycles. The molecule has 0 atom stereocenters. The van der Waals surface area contributed by atoms with E-state index in [1.165, 1.54) is 23.4 Å². The molecule has 1 N–H and O–H groups in total. The largest absolute Gasteiger partial charge is 0.502 e. The van der Waals surface area contributed by atoms with E-state index in [1.807, 2.05) is 36.5 Å². The van der Waals surface area contributed by atoms with E-state index in [4.69, 9.17) is 4.42 Å². The number of hydrogen-bond acceptors (Lipinski definition) is 5. The Morgan fingerprint density at radius 2 is 1.86 bits per heavy atom. The van der Waals surface area contributed by atoms with E-state index in [0.717, 1.165) is 28.4 Å². The number of aromatic hydroxyl groups is 1. The zero-order valence-electron chi connectivity index (χ0n) is 15.2. The van der Waals surface area contributed by atoms with Crippen LogP contribution in [0.1, 0.15) is 11.3 Å². The zero-order valence-corrected chi connectivity index (χ0v) is 16.0. The van der Waals surface area contributed by atoms with Gasteiger partial charge in [0, 0.05) is 17.3 Å². The Morgan fingerprint density at radius 1 is 1.11 bits per heavy atom. The summed E-state index contributed by atoms with van der Waals surface area (Å²) in [6, 6.07) is 19.6. The van der Waals surface area contributed by atoms with E-state index in [2.05, 4.69) is 40.7 Å². The summed E-state index contributed by atoms with van der Waals surface area (Å²) >= 11 is 1.47. The first-order valence-electron chi connectivity index (χ1n) is 8.75. The van der Waals surface area contributed by atoms with E-state index < -0.39 is 5.43 Å².